The van der Waals surface area contributed by atoms with Crippen molar-refractivity contribution in [1.82, 2.24) is 4.90 Å². The molecule has 0 fully saturated rings. The summed E-state index contributed by atoms with van der Waals surface area (Å²) in [6.07, 6.45) is 0.306. The molecule has 1 aromatic rings. The number of nitrogens with zero attached hydrogens (tertiary/aromatic N) is 1. The summed E-state index contributed by atoms with van der Waals surface area (Å²) in [5, 5.41) is 27.3. The molecule has 98 valence electrons. The molecule has 0 aliphatic heterocycles. The zero-order valence-corrected chi connectivity index (χ0v) is 9.96. The number of carbonyl (C=O) groups excluding carboxylic acids is 1. The van der Waals surface area contributed by atoms with E-state index in [2.05, 4.69) is 0 Å². The Morgan fingerprint density at radius 1 is 1.28 bits per heavy atom. The summed E-state index contributed by atoms with van der Waals surface area (Å²) in [6, 6.07) is 3.68. The number of benzene rings is 1. The molecule has 0 saturated carbocycles. The number of carboxylic acids is 1. The number of rotatable bonds is 5. The molecule has 0 saturated heterocycles. The Hall–Kier alpha value is -2.24. The average molecular weight is 253 g/mol. The van der Waals surface area contributed by atoms with Crippen LogP contribution < -0.4 is 0 Å². The SMILES string of the molecule is CN(CCCC(=O)O)C(=O)c1cc(O)ccc1O. The first-order valence-corrected chi connectivity index (χ1v) is 5.41. The number of carbonyl (C=O) groups is 2. The number of hydrogen-bond donors (Lipinski definition) is 3. The second-order valence-corrected chi connectivity index (χ2v) is 3.93. The minimum atomic E-state index is -0.920. The molecule has 0 bridgehead atoms. The molecule has 0 atom stereocenters. The van der Waals surface area contributed by atoms with Gasteiger partial charge in [-0.2, -0.15) is 0 Å². The standard InChI is InChI=1S/C12H15NO5/c1-13(6-2-3-11(16)17)12(18)9-7-8(14)4-5-10(9)15/h4-5,7,14-15H,2-3,6H2,1H3,(H,16,17). The largest absolute Gasteiger partial charge is 0.508 e. The van der Waals surface area contributed by atoms with Crippen molar-refractivity contribution in [3.63, 3.8) is 0 Å². The van der Waals surface area contributed by atoms with Crippen LogP contribution in [0.4, 0.5) is 0 Å². The van der Waals surface area contributed by atoms with Gasteiger partial charge in [0.2, 0.25) is 0 Å². The van der Waals surface area contributed by atoms with E-state index in [1.54, 1.807) is 0 Å². The van der Waals surface area contributed by atoms with E-state index in [4.69, 9.17) is 5.11 Å². The summed E-state index contributed by atoms with van der Waals surface area (Å²) in [5.74, 6) is -1.72. The van der Waals surface area contributed by atoms with Gasteiger partial charge in [-0.05, 0) is 24.6 Å². The Balaban J connectivity index is 2.68. The third kappa shape index (κ3) is 3.65. The van der Waals surface area contributed by atoms with Crippen molar-refractivity contribution < 1.29 is 24.9 Å². The van der Waals surface area contributed by atoms with E-state index in [-0.39, 0.29) is 30.0 Å². The molecule has 6 heteroatoms. The van der Waals surface area contributed by atoms with Gasteiger partial charge < -0.3 is 20.2 Å². The van der Waals surface area contributed by atoms with E-state index in [0.29, 0.717) is 6.42 Å². The fourth-order valence-corrected chi connectivity index (χ4v) is 1.47. The summed E-state index contributed by atoms with van der Waals surface area (Å²) in [5.41, 5.74) is -0.00664. The Morgan fingerprint density at radius 3 is 2.56 bits per heavy atom. The van der Waals surface area contributed by atoms with Crippen molar-refractivity contribution in [2.75, 3.05) is 13.6 Å². The lowest BCUT2D eigenvalue weighted by atomic mass is 10.1. The molecule has 1 amide bonds. The van der Waals surface area contributed by atoms with Gasteiger partial charge in [0.1, 0.15) is 11.5 Å². The molecule has 3 N–H and O–H groups in total. The normalized spacial score (nSPS) is 10.1. The van der Waals surface area contributed by atoms with Gasteiger partial charge in [0.05, 0.1) is 5.56 Å². The first-order valence-electron chi connectivity index (χ1n) is 5.41. The number of phenolic OH excluding ortho intramolecular Hbond substituents is 2. The van der Waals surface area contributed by atoms with Gasteiger partial charge >= 0.3 is 5.97 Å². The van der Waals surface area contributed by atoms with Crippen molar-refractivity contribution in [2.45, 2.75) is 12.8 Å². The van der Waals surface area contributed by atoms with E-state index in [1.165, 1.54) is 30.1 Å². The van der Waals surface area contributed by atoms with Crippen LogP contribution in [0, 0.1) is 0 Å². The first kappa shape index (κ1) is 13.8. The van der Waals surface area contributed by atoms with Gasteiger partial charge in [-0.1, -0.05) is 0 Å². The molecule has 18 heavy (non-hydrogen) atoms. The van der Waals surface area contributed by atoms with Crippen LogP contribution in [0.25, 0.3) is 0 Å². The van der Waals surface area contributed by atoms with Crippen LogP contribution in [0.1, 0.15) is 23.2 Å². The minimum absolute atomic E-state index is 0.00664. The fraction of sp³-hybridized carbons (Fsp3) is 0.333. The maximum Gasteiger partial charge on any atom is 0.303 e. The van der Waals surface area contributed by atoms with Crippen LogP contribution in [0.5, 0.6) is 11.5 Å². The van der Waals surface area contributed by atoms with Crippen LogP contribution in [-0.4, -0.2) is 45.7 Å². The quantitative estimate of drug-likeness (QED) is 0.681. The molecule has 0 radical (unpaired) electrons. The van der Waals surface area contributed by atoms with Crippen molar-refractivity contribution in [3.05, 3.63) is 23.8 Å². The van der Waals surface area contributed by atoms with Crippen molar-refractivity contribution in [1.29, 1.82) is 0 Å². The van der Waals surface area contributed by atoms with Crippen LogP contribution in [-0.2, 0) is 4.79 Å². The van der Waals surface area contributed by atoms with Crippen LogP contribution >= 0.6 is 0 Å². The number of phenols is 2. The Bertz CT molecular complexity index is 458. The minimum Gasteiger partial charge on any atom is -0.508 e. The highest BCUT2D eigenvalue weighted by Gasteiger charge is 2.16. The highest BCUT2D eigenvalue weighted by Crippen LogP contribution is 2.23. The van der Waals surface area contributed by atoms with Gasteiger partial charge in [0.15, 0.2) is 0 Å². The number of aliphatic carboxylic acids is 1. The van der Waals surface area contributed by atoms with E-state index < -0.39 is 11.9 Å². The van der Waals surface area contributed by atoms with Crippen LogP contribution in [0.2, 0.25) is 0 Å². The van der Waals surface area contributed by atoms with Crippen LogP contribution in [0.3, 0.4) is 0 Å². The van der Waals surface area contributed by atoms with Gasteiger partial charge in [-0.15, -0.1) is 0 Å². The molecular weight excluding hydrogens is 238 g/mol. The smallest absolute Gasteiger partial charge is 0.303 e. The highest BCUT2D eigenvalue weighted by atomic mass is 16.4. The summed E-state index contributed by atoms with van der Waals surface area (Å²) in [6.45, 7) is 0.264. The van der Waals surface area contributed by atoms with E-state index in [1.807, 2.05) is 0 Å². The van der Waals surface area contributed by atoms with Gasteiger partial charge in [0.25, 0.3) is 5.91 Å². The molecule has 1 rings (SSSR count). The lowest BCUT2D eigenvalue weighted by Gasteiger charge is -2.17. The van der Waals surface area contributed by atoms with E-state index in [9.17, 15) is 19.8 Å². The molecule has 0 unspecified atom stereocenters. The maximum absolute atomic E-state index is 11.9. The number of amides is 1. The summed E-state index contributed by atoms with van der Waals surface area (Å²) >= 11 is 0. The number of carboxylic acid groups (broad SMARTS) is 1. The molecule has 0 heterocycles. The third-order valence-electron chi connectivity index (χ3n) is 2.44. The molecular formula is C12H15NO5. The second-order valence-electron chi connectivity index (χ2n) is 3.93. The zero-order chi connectivity index (χ0) is 13.7. The Morgan fingerprint density at radius 2 is 1.94 bits per heavy atom. The first-order chi connectivity index (χ1) is 8.41. The predicted octanol–water partition coefficient (Wildman–Crippen LogP) is 1.03. The van der Waals surface area contributed by atoms with Crippen LogP contribution in [0.15, 0.2) is 18.2 Å². The second kappa shape index (κ2) is 5.90. The monoisotopic (exact) mass is 253 g/mol. The average Bonchev–Trinajstić information content (AvgIpc) is 2.30. The Labute approximate surface area is 104 Å². The third-order valence-corrected chi connectivity index (χ3v) is 2.44. The lowest BCUT2D eigenvalue weighted by molar-refractivity contribution is -0.137. The van der Waals surface area contributed by atoms with E-state index in [0.717, 1.165) is 0 Å². The van der Waals surface area contributed by atoms with Crippen molar-refractivity contribution in [3.8, 4) is 11.5 Å². The number of aromatic hydroxyl groups is 2. The fourth-order valence-electron chi connectivity index (χ4n) is 1.47. The summed E-state index contributed by atoms with van der Waals surface area (Å²) in [7, 11) is 1.51. The molecule has 0 aromatic heterocycles. The number of hydrogen-bond acceptors (Lipinski definition) is 4. The summed E-state index contributed by atoms with van der Waals surface area (Å²) < 4.78 is 0. The molecule has 1 aromatic carbocycles. The molecule has 0 aliphatic rings. The zero-order valence-electron chi connectivity index (χ0n) is 9.96. The van der Waals surface area contributed by atoms with Gasteiger partial charge in [-0.25, -0.2) is 0 Å². The Kier molecular flexibility index (Phi) is 4.53. The highest BCUT2D eigenvalue weighted by molar-refractivity contribution is 5.97. The predicted molar refractivity (Wildman–Crippen MR) is 63.6 cm³/mol. The van der Waals surface area contributed by atoms with Crippen molar-refractivity contribution in [2.24, 2.45) is 0 Å². The summed E-state index contributed by atoms with van der Waals surface area (Å²) in [4.78, 5) is 23.5. The maximum atomic E-state index is 11.9. The van der Waals surface area contributed by atoms with Crippen molar-refractivity contribution >= 4 is 11.9 Å². The molecule has 6 nitrogen and oxygen atoms in total. The van der Waals surface area contributed by atoms with E-state index >= 15 is 0 Å². The lowest BCUT2D eigenvalue weighted by Crippen LogP contribution is -2.28. The molecule has 0 aliphatic carbocycles. The molecule has 0 spiro atoms. The van der Waals surface area contributed by atoms with Gasteiger partial charge in [-0.3, -0.25) is 9.59 Å². The van der Waals surface area contributed by atoms with Gasteiger partial charge in [0, 0.05) is 20.0 Å². The topological polar surface area (TPSA) is 98.1 Å².